The molecule has 0 bridgehead atoms. The summed E-state index contributed by atoms with van der Waals surface area (Å²) >= 11 is 0. The number of nitrogens with zero attached hydrogens (tertiary/aromatic N) is 2. The summed E-state index contributed by atoms with van der Waals surface area (Å²) in [5, 5.41) is 3.32. The Hall–Kier alpha value is -1.92. The van der Waals surface area contributed by atoms with E-state index in [0.29, 0.717) is 25.3 Å². The van der Waals surface area contributed by atoms with Gasteiger partial charge in [0.1, 0.15) is 0 Å². The monoisotopic (exact) mass is 361 g/mol. The Balaban J connectivity index is 2.12. The second kappa shape index (κ2) is 9.14. The second-order valence-corrected chi connectivity index (χ2v) is 7.18. The Labute approximate surface area is 156 Å². The van der Waals surface area contributed by atoms with Crippen LogP contribution in [0.4, 0.5) is 0 Å². The van der Waals surface area contributed by atoms with Crippen molar-refractivity contribution in [3.63, 3.8) is 0 Å². The lowest BCUT2D eigenvalue weighted by Gasteiger charge is -2.39. The van der Waals surface area contributed by atoms with Crippen molar-refractivity contribution in [2.24, 2.45) is 5.41 Å². The highest BCUT2D eigenvalue weighted by atomic mass is 16.5. The number of nitrogens with one attached hydrogen (secondary N) is 1. The quantitative estimate of drug-likeness (QED) is 0.804. The van der Waals surface area contributed by atoms with E-state index in [9.17, 15) is 9.59 Å². The normalized spacial score (nSPS) is 16.2. The highest BCUT2D eigenvalue weighted by Gasteiger charge is 2.41. The number of benzene rings is 1. The molecule has 1 saturated heterocycles. The van der Waals surface area contributed by atoms with Gasteiger partial charge in [0.2, 0.25) is 5.91 Å². The molecule has 0 spiro atoms. The van der Waals surface area contributed by atoms with Gasteiger partial charge < -0.3 is 19.9 Å². The van der Waals surface area contributed by atoms with E-state index in [0.717, 1.165) is 31.5 Å². The van der Waals surface area contributed by atoms with Crippen LogP contribution in [0, 0.1) is 5.41 Å². The van der Waals surface area contributed by atoms with Gasteiger partial charge in [0.05, 0.1) is 12.0 Å². The maximum atomic E-state index is 13.3. The van der Waals surface area contributed by atoms with Gasteiger partial charge in [-0.15, -0.1) is 0 Å². The predicted molar refractivity (Wildman–Crippen MR) is 102 cm³/mol. The Kier molecular flexibility index (Phi) is 7.17. The molecule has 26 heavy (non-hydrogen) atoms. The summed E-state index contributed by atoms with van der Waals surface area (Å²) < 4.78 is 5.40. The molecule has 0 radical (unpaired) electrons. The molecular weight excluding hydrogens is 330 g/mol. The number of ether oxygens (including phenoxy) is 1. The average Bonchev–Trinajstić information content (AvgIpc) is 2.66. The highest BCUT2D eigenvalue weighted by molar-refractivity contribution is 5.93. The Morgan fingerprint density at radius 2 is 1.77 bits per heavy atom. The molecule has 1 aromatic rings. The first-order valence-corrected chi connectivity index (χ1v) is 9.23. The van der Waals surface area contributed by atoms with Crippen LogP contribution in [-0.4, -0.2) is 69.1 Å². The van der Waals surface area contributed by atoms with Crippen LogP contribution in [0.25, 0.3) is 0 Å². The molecule has 144 valence electrons. The highest BCUT2D eigenvalue weighted by Crippen LogP contribution is 2.32. The molecule has 1 fully saturated rings. The number of rotatable bonds is 7. The van der Waals surface area contributed by atoms with Gasteiger partial charge in [0, 0.05) is 39.9 Å². The molecule has 1 aliphatic rings. The van der Waals surface area contributed by atoms with E-state index >= 15 is 0 Å². The minimum atomic E-state index is -0.434. The van der Waals surface area contributed by atoms with Gasteiger partial charge in [-0.25, -0.2) is 0 Å². The number of carbonyl (C=O) groups is 2. The van der Waals surface area contributed by atoms with Crippen molar-refractivity contribution in [2.75, 3.05) is 47.4 Å². The van der Waals surface area contributed by atoms with Crippen LogP contribution in [0.5, 0.6) is 0 Å². The fourth-order valence-corrected chi connectivity index (χ4v) is 3.50. The van der Waals surface area contributed by atoms with E-state index in [1.807, 2.05) is 36.1 Å². The van der Waals surface area contributed by atoms with E-state index in [2.05, 4.69) is 5.32 Å². The summed E-state index contributed by atoms with van der Waals surface area (Å²) in [5.74, 6) is 0.144. The molecule has 6 heteroatoms. The molecule has 1 N–H and O–H groups in total. The van der Waals surface area contributed by atoms with E-state index in [-0.39, 0.29) is 11.8 Å². The second-order valence-electron chi connectivity index (χ2n) is 7.18. The number of hydrogen-bond donors (Lipinski definition) is 1. The Bertz CT molecular complexity index is 602. The molecule has 2 rings (SSSR count). The molecule has 0 unspecified atom stereocenters. The first kappa shape index (κ1) is 20.4. The maximum absolute atomic E-state index is 13.3. The zero-order valence-electron chi connectivity index (χ0n) is 16.4. The molecule has 1 aromatic carbocycles. The van der Waals surface area contributed by atoms with Crippen LogP contribution < -0.4 is 5.32 Å². The molecule has 1 aliphatic heterocycles. The number of piperidine rings is 1. The lowest BCUT2D eigenvalue weighted by molar-refractivity contribution is -0.148. The van der Waals surface area contributed by atoms with Gasteiger partial charge >= 0.3 is 0 Å². The van der Waals surface area contributed by atoms with Crippen molar-refractivity contribution in [3.05, 3.63) is 35.4 Å². The van der Waals surface area contributed by atoms with Crippen molar-refractivity contribution in [1.82, 2.24) is 15.1 Å². The van der Waals surface area contributed by atoms with E-state index in [1.165, 1.54) is 0 Å². The van der Waals surface area contributed by atoms with Crippen molar-refractivity contribution in [1.29, 1.82) is 0 Å². The van der Waals surface area contributed by atoms with Crippen LogP contribution >= 0.6 is 0 Å². The number of amides is 2. The molecule has 0 aromatic heterocycles. The summed E-state index contributed by atoms with van der Waals surface area (Å²) in [6.45, 7) is 5.34. The van der Waals surface area contributed by atoms with Crippen molar-refractivity contribution < 1.29 is 14.3 Å². The third-order valence-corrected chi connectivity index (χ3v) is 5.08. The number of methoxy groups -OCH3 is 1. The minimum absolute atomic E-state index is 0.0197. The summed E-state index contributed by atoms with van der Waals surface area (Å²) in [6.07, 6.45) is 1.60. The topological polar surface area (TPSA) is 61.9 Å². The molecule has 2 amide bonds. The van der Waals surface area contributed by atoms with Crippen molar-refractivity contribution in [3.8, 4) is 0 Å². The first-order valence-electron chi connectivity index (χ1n) is 9.23. The molecular formula is C20H31N3O3. The summed E-state index contributed by atoms with van der Waals surface area (Å²) in [7, 11) is 5.14. The van der Waals surface area contributed by atoms with Gasteiger partial charge in [-0.05, 0) is 50.6 Å². The SMILES string of the molecule is CCN(Cc1ccc(C(=O)N(C)C)cc1)C(=O)C1(COC)CCNCC1. The predicted octanol–water partition coefficient (Wildman–Crippen LogP) is 1.75. The Morgan fingerprint density at radius 3 is 2.27 bits per heavy atom. The fraction of sp³-hybridized carbons (Fsp3) is 0.600. The molecule has 6 nitrogen and oxygen atoms in total. The molecule has 0 saturated carbocycles. The van der Waals surface area contributed by atoms with E-state index in [4.69, 9.17) is 4.74 Å². The van der Waals surface area contributed by atoms with Crippen molar-refractivity contribution >= 4 is 11.8 Å². The van der Waals surface area contributed by atoms with Crippen LogP contribution in [0.2, 0.25) is 0 Å². The standard InChI is InChI=1S/C20H31N3O3/c1-5-23(19(25)20(15-26-4)10-12-21-13-11-20)14-16-6-8-17(9-7-16)18(24)22(2)3/h6-9,21H,5,10-15H2,1-4H3. The zero-order chi connectivity index (χ0) is 19.2. The van der Waals surface area contributed by atoms with Crippen LogP contribution in [0.15, 0.2) is 24.3 Å². The van der Waals surface area contributed by atoms with Gasteiger partial charge in [-0.1, -0.05) is 12.1 Å². The van der Waals surface area contributed by atoms with Crippen LogP contribution in [0.1, 0.15) is 35.7 Å². The van der Waals surface area contributed by atoms with Crippen LogP contribution in [-0.2, 0) is 16.1 Å². The van der Waals surface area contributed by atoms with Crippen molar-refractivity contribution in [2.45, 2.75) is 26.3 Å². The first-order chi connectivity index (χ1) is 12.4. The smallest absolute Gasteiger partial charge is 0.253 e. The summed E-state index contributed by atoms with van der Waals surface area (Å²) in [6, 6.07) is 7.51. The maximum Gasteiger partial charge on any atom is 0.253 e. The Morgan fingerprint density at radius 1 is 1.15 bits per heavy atom. The summed E-state index contributed by atoms with van der Waals surface area (Å²) in [5.41, 5.74) is 1.25. The lowest BCUT2D eigenvalue weighted by Crippen LogP contribution is -2.51. The van der Waals surface area contributed by atoms with Gasteiger partial charge in [-0.3, -0.25) is 9.59 Å². The lowest BCUT2D eigenvalue weighted by atomic mass is 9.78. The molecule has 0 aliphatic carbocycles. The molecule has 0 atom stereocenters. The third-order valence-electron chi connectivity index (χ3n) is 5.08. The zero-order valence-corrected chi connectivity index (χ0v) is 16.4. The van der Waals surface area contributed by atoms with Gasteiger partial charge in [0.25, 0.3) is 5.91 Å². The summed E-state index contributed by atoms with van der Waals surface area (Å²) in [4.78, 5) is 28.7. The van der Waals surface area contributed by atoms with Gasteiger partial charge in [0.15, 0.2) is 0 Å². The minimum Gasteiger partial charge on any atom is -0.384 e. The van der Waals surface area contributed by atoms with Crippen LogP contribution in [0.3, 0.4) is 0 Å². The largest absolute Gasteiger partial charge is 0.384 e. The van der Waals surface area contributed by atoms with E-state index in [1.54, 1.807) is 26.1 Å². The third kappa shape index (κ3) is 4.62. The number of hydrogen-bond acceptors (Lipinski definition) is 4. The molecule has 1 heterocycles. The fourth-order valence-electron chi connectivity index (χ4n) is 3.50. The van der Waals surface area contributed by atoms with E-state index < -0.39 is 5.41 Å². The number of carbonyl (C=O) groups excluding carboxylic acids is 2. The average molecular weight is 361 g/mol. The van der Waals surface area contributed by atoms with Gasteiger partial charge in [-0.2, -0.15) is 0 Å².